The van der Waals surface area contributed by atoms with Crippen molar-refractivity contribution in [1.29, 1.82) is 0 Å². The van der Waals surface area contributed by atoms with Gasteiger partial charge in [-0.25, -0.2) is 0 Å². The summed E-state index contributed by atoms with van der Waals surface area (Å²) >= 11 is 0. The molecule has 26 heavy (non-hydrogen) atoms. The van der Waals surface area contributed by atoms with Gasteiger partial charge >= 0.3 is 0 Å². The molecule has 2 unspecified atom stereocenters. The monoisotopic (exact) mass is 356 g/mol. The zero-order valence-electron chi connectivity index (χ0n) is 16.0. The van der Waals surface area contributed by atoms with Crippen LogP contribution in [0, 0.1) is 11.8 Å². The Labute approximate surface area is 157 Å². The van der Waals surface area contributed by atoms with Gasteiger partial charge < -0.3 is 14.6 Å². The van der Waals surface area contributed by atoms with Crippen molar-refractivity contribution in [2.24, 2.45) is 11.8 Å². The van der Waals surface area contributed by atoms with E-state index >= 15 is 0 Å². The minimum atomic E-state index is -0.00279. The summed E-state index contributed by atoms with van der Waals surface area (Å²) in [5.41, 5.74) is 0. The van der Waals surface area contributed by atoms with Crippen molar-refractivity contribution in [3.8, 4) is 0 Å². The molecule has 1 saturated heterocycles. The molecule has 1 aromatic rings. The van der Waals surface area contributed by atoms with Gasteiger partial charge in [0.2, 0.25) is 5.91 Å². The molecule has 1 amide bonds. The van der Waals surface area contributed by atoms with E-state index in [-0.39, 0.29) is 5.91 Å². The summed E-state index contributed by atoms with van der Waals surface area (Å²) in [4.78, 5) is 14.8. The van der Waals surface area contributed by atoms with Crippen LogP contribution in [-0.4, -0.2) is 36.5 Å². The van der Waals surface area contributed by atoms with Crippen molar-refractivity contribution in [3.05, 3.63) is 29.7 Å². The predicted molar refractivity (Wildman–Crippen MR) is 104 cm³/mol. The second kappa shape index (κ2) is 7.99. The first kappa shape index (κ1) is 17.8. The number of rotatable bonds is 6. The summed E-state index contributed by atoms with van der Waals surface area (Å²) in [6, 6.07) is 4.32. The molecule has 3 aliphatic rings. The van der Waals surface area contributed by atoms with Gasteiger partial charge in [0, 0.05) is 37.7 Å². The number of furan rings is 1. The number of carbonyl (C=O) groups excluding carboxylic acids is 1. The highest BCUT2D eigenvalue weighted by molar-refractivity contribution is 5.91. The summed E-state index contributed by atoms with van der Waals surface area (Å²) in [6.07, 6.45) is 12.4. The number of carbonyl (C=O) groups is 1. The van der Waals surface area contributed by atoms with Gasteiger partial charge in [-0.3, -0.25) is 4.79 Å². The fourth-order valence-corrected chi connectivity index (χ4v) is 4.60. The molecule has 2 saturated carbocycles. The lowest BCUT2D eigenvalue weighted by atomic mass is 10.0. The fourth-order valence-electron chi connectivity index (χ4n) is 4.60. The summed E-state index contributed by atoms with van der Waals surface area (Å²) in [5, 5.41) is 3.16. The molecule has 0 bridgehead atoms. The maximum absolute atomic E-state index is 12.2. The second-order valence-corrected chi connectivity index (χ2v) is 8.63. The Morgan fingerprint density at radius 1 is 1.23 bits per heavy atom. The second-order valence-electron chi connectivity index (χ2n) is 8.63. The molecular weight excluding hydrogens is 324 g/mol. The third-order valence-electron chi connectivity index (χ3n) is 6.45. The topological polar surface area (TPSA) is 45.5 Å². The molecular formula is C22H32N2O2. The number of hydrogen-bond donors (Lipinski definition) is 1. The van der Waals surface area contributed by atoms with E-state index in [0.717, 1.165) is 49.3 Å². The SMILES string of the molecule is CC1CC1c1ccc(/C=C/C(=O)NC2CCN(CC3CCCC3)CC2)o1. The van der Waals surface area contributed by atoms with Gasteiger partial charge in [0.25, 0.3) is 0 Å². The fraction of sp³-hybridized carbons (Fsp3) is 0.682. The average Bonchev–Trinajstić information content (AvgIpc) is 3.06. The van der Waals surface area contributed by atoms with Crippen molar-refractivity contribution in [2.45, 2.75) is 63.8 Å². The molecule has 4 nitrogen and oxygen atoms in total. The zero-order valence-corrected chi connectivity index (χ0v) is 16.0. The predicted octanol–water partition coefficient (Wildman–Crippen LogP) is 4.19. The first-order valence-corrected chi connectivity index (χ1v) is 10.5. The van der Waals surface area contributed by atoms with Crippen LogP contribution >= 0.6 is 0 Å². The number of nitrogens with one attached hydrogen (secondary N) is 1. The Morgan fingerprint density at radius 2 is 1.96 bits per heavy atom. The normalized spacial score (nSPS) is 28.0. The number of amides is 1. The van der Waals surface area contributed by atoms with Gasteiger partial charge in [0.05, 0.1) is 0 Å². The van der Waals surface area contributed by atoms with Gasteiger partial charge in [-0.05, 0) is 62.1 Å². The van der Waals surface area contributed by atoms with E-state index in [1.54, 1.807) is 12.2 Å². The molecule has 2 heterocycles. The summed E-state index contributed by atoms with van der Waals surface area (Å²) in [6.45, 7) is 5.74. The van der Waals surface area contributed by atoms with Crippen molar-refractivity contribution in [3.63, 3.8) is 0 Å². The van der Waals surface area contributed by atoms with Crippen LogP contribution < -0.4 is 5.32 Å². The van der Waals surface area contributed by atoms with E-state index in [1.165, 1.54) is 38.6 Å². The van der Waals surface area contributed by atoms with Crippen LogP contribution in [0.2, 0.25) is 0 Å². The standard InChI is InChI=1S/C22H32N2O2/c1-16-14-20(16)21-8-6-19(26-21)7-9-22(25)23-18-10-12-24(13-11-18)15-17-4-2-3-5-17/h6-9,16-18,20H,2-5,10-15H2,1H3,(H,23,25)/b9-7+. The molecule has 0 radical (unpaired) electrons. The maximum atomic E-state index is 12.2. The van der Waals surface area contributed by atoms with Gasteiger partial charge in [0.1, 0.15) is 11.5 Å². The third kappa shape index (κ3) is 4.59. The minimum Gasteiger partial charge on any atom is -0.461 e. The van der Waals surface area contributed by atoms with Gasteiger partial charge in [-0.15, -0.1) is 0 Å². The Balaban J connectivity index is 1.18. The highest BCUT2D eigenvalue weighted by Gasteiger charge is 2.36. The van der Waals surface area contributed by atoms with E-state index in [9.17, 15) is 4.79 Å². The molecule has 1 aromatic heterocycles. The van der Waals surface area contributed by atoms with Crippen LogP contribution in [0.4, 0.5) is 0 Å². The molecule has 0 spiro atoms. The smallest absolute Gasteiger partial charge is 0.244 e. The molecule has 3 fully saturated rings. The van der Waals surface area contributed by atoms with Crippen LogP contribution in [0.3, 0.4) is 0 Å². The third-order valence-corrected chi connectivity index (χ3v) is 6.45. The lowest BCUT2D eigenvalue weighted by Gasteiger charge is -2.33. The van der Waals surface area contributed by atoms with Crippen molar-refractivity contribution >= 4 is 12.0 Å². The Morgan fingerprint density at radius 3 is 2.65 bits per heavy atom. The first-order valence-electron chi connectivity index (χ1n) is 10.5. The van der Waals surface area contributed by atoms with Crippen LogP contribution in [0.5, 0.6) is 0 Å². The van der Waals surface area contributed by atoms with Crippen molar-refractivity contribution < 1.29 is 9.21 Å². The van der Waals surface area contributed by atoms with Crippen molar-refractivity contribution in [1.82, 2.24) is 10.2 Å². The number of hydrogen-bond acceptors (Lipinski definition) is 3. The zero-order chi connectivity index (χ0) is 17.9. The molecule has 2 aliphatic carbocycles. The average molecular weight is 357 g/mol. The highest BCUT2D eigenvalue weighted by Crippen LogP contribution is 2.47. The molecule has 4 heteroatoms. The van der Waals surface area contributed by atoms with E-state index < -0.39 is 0 Å². The van der Waals surface area contributed by atoms with Crippen LogP contribution in [0.25, 0.3) is 6.08 Å². The number of nitrogens with zero attached hydrogens (tertiary/aromatic N) is 1. The molecule has 1 aliphatic heterocycles. The molecule has 1 N–H and O–H groups in total. The van der Waals surface area contributed by atoms with Crippen LogP contribution in [-0.2, 0) is 4.79 Å². The highest BCUT2D eigenvalue weighted by atomic mass is 16.3. The molecule has 2 atom stereocenters. The van der Waals surface area contributed by atoms with E-state index in [2.05, 4.69) is 17.1 Å². The summed E-state index contributed by atoms with van der Waals surface area (Å²) in [5.74, 6) is 4.08. The van der Waals surface area contributed by atoms with Crippen molar-refractivity contribution in [2.75, 3.05) is 19.6 Å². The van der Waals surface area contributed by atoms with Crippen LogP contribution in [0.15, 0.2) is 22.6 Å². The Bertz CT molecular complexity index is 636. The maximum Gasteiger partial charge on any atom is 0.244 e. The minimum absolute atomic E-state index is 0.00279. The van der Waals surface area contributed by atoms with E-state index in [0.29, 0.717) is 12.0 Å². The van der Waals surface area contributed by atoms with Gasteiger partial charge in [-0.2, -0.15) is 0 Å². The van der Waals surface area contributed by atoms with Crippen LogP contribution in [0.1, 0.15) is 69.3 Å². The molecule has 142 valence electrons. The Hall–Kier alpha value is -1.55. The summed E-state index contributed by atoms with van der Waals surface area (Å²) in [7, 11) is 0. The summed E-state index contributed by atoms with van der Waals surface area (Å²) < 4.78 is 5.82. The molecule has 4 rings (SSSR count). The lowest BCUT2D eigenvalue weighted by molar-refractivity contribution is -0.117. The molecule has 0 aromatic carbocycles. The Kier molecular flexibility index (Phi) is 5.49. The first-order chi connectivity index (χ1) is 12.7. The largest absolute Gasteiger partial charge is 0.461 e. The quantitative estimate of drug-likeness (QED) is 0.778. The number of piperidine rings is 1. The van der Waals surface area contributed by atoms with Gasteiger partial charge in [0.15, 0.2) is 0 Å². The van der Waals surface area contributed by atoms with Gasteiger partial charge in [-0.1, -0.05) is 19.8 Å². The van der Waals surface area contributed by atoms with E-state index in [1.807, 2.05) is 12.1 Å². The lowest BCUT2D eigenvalue weighted by Crippen LogP contribution is -2.45. The van der Waals surface area contributed by atoms with E-state index in [4.69, 9.17) is 4.42 Å². The number of likely N-dealkylation sites (tertiary alicyclic amines) is 1.